The van der Waals surface area contributed by atoms with Crippen LogP contribution in [-0.2, 0) is 0 Å². The summed E-state index contributed by atoms with van der Waals surface area (Å²) in [6, 6.07) is 16.3. The lowest BCUT2D eigenvalue weighted by Crippen LogP contribution is -2.08. The minimum Gasteiger partial charge on any atom is -0.494 e. The molecule has 2 aromatic carbocycles. The quantitative estimate of drug-likeness (QED) is 0.619. The normalized spacial score (nSPS) is 12.2. The van der Waals surface area contributed by atoms with Crippen LogP contribution >= 0.6 is 27.5 Å². The fraction of sp³-hybridized carbons (Fsp3) is 0.294. The van der Waals surface area contributed by atoms with Crippen LogP contribution < -0.4 is 4.74 Å². The monoisotopic (exact) mass is 352 g/mol. The first-order valence-corrected chi connectivity index (χ1v) is 8.03. The molecule has 0 saturated heterocycles. The number of halogens is 2. The van der Waals surface area contributed by atoms with E-state index in [1.807, 2.05) is 24.3 Å². The lowest BCUT2D eigenvalue weighted by molar-refractivity contribution is 0.301. The summed E-state index contributed by atoms with van der Waals surface area (Å²) in [7, 11) is 0. The molecule has 1 atom stereocenters. The second-order valence-corrected chi connectivity index (χ2v) is 6.02. The smallest absolute Gasteiger partial charge is 0.119 e. The molecule has 0 saturated carbocycles. The molecule has 3 heteroatoms. The molecule has 0 spiro atoms. The molecule has 2 rings (SSSR count). The van der Waals surface area contributed by atoms with Crippen molar-refractivity contribution in [2.75, 3.05) is 12.5 Å². The van der Waals surface area contributed by atoms with Gasteiger partial charge >= 0.3 is 0 Å². The third-order valence-electron chi connectivity index (χ3n) is 3.36. The Morgan fingerprint density at radius 1 is 1.10 bits per heavy atom. The molecule has 1 unspecified atom stereocenters. The van der Waals surface area contributed by atoms with Crippen molar-refractivity contribution in [2.24, 2.45) is 0 Å². The van der Waals surface area contributed by atoms with Crippen molar-refractivity contribution in [3.05, 3.63) is 64.1 Å². The number of benzene rings is 2. The highest BCUT2D eigenvalue weighted by Crippen LogP contribution is 2.25. The number of rotatable bonds is 6. The summed E-state index contributed by atoms with van der Waals surface area (Å²) < 4.78 is 6.83. The van der Waals surface area contributed by atoms with Crippen LogP contribution in [0.4, 0.5) is 0 Å². The van der Waals surface area contributed by atoms with Crippen molar-refractivity contribution in [1.82, 2.24) is 0 Å². The molecular weight excluding hydrogens is 336 g/mol. The molecule has 0 aromatic heterocycles. The third-order valence-corrected chi connectivity index (χ3v) is 4.26. The molecule has 0 radical (unpaired) electrons. The summed E-state index contributed by atoms with van der Waals surface area (Å²) in [5.74, 6) is 1.86. The summed E-state index contributed by atoms with van der Waals surface area (Å²) in [5.41, 5.74) is 2.61. The zero-order chi connectivity index (χ0) is 14.4. The van der Waals surface area contributed by atoms with E-state index in [9.17, 15) is 0 Å². The highest BCUT2D eigenvalue weighted by molar-refractivity contribution is 9.10. The SMILES string of the molecule is Cc1ccccc1C(CCl)CCOc1ccc(Br)cc1. The summed E-state index contributed by atoms with van der Waals surface area (Å²) in [6.45, 7) is 2.80. The predicted molar refractivity (Wildman–Crippen MR) is 88.9 cm³/mol. The minimum atomic E-state index is 0.341. The molecule has 0 amide bonds. The van der Waals surface area contributed by atoms with E-state index in [0.29, 0.717) is 18.4 Å². The largest absolute Gasteiger partial charge is 0.494 e. The van der Waals surface area contributed by atoms with Crippen LogP contribution in [0.2, 0.25) is 0 Å². The summed E-state index contributed by atoms with van der Waals surface area (Å²) in [6.07, 6.45) is 0.921. The molecule has 0 N–H and O–H groups in total. The maximum absolute atomic E-state index is 6.11. The van der Waals surface area contributed by atoms with E-state index in [4.69, 9.17) is 16.3 Å². The van der Waals surface area contributed by atoms with Crippen LogP contribution in [0.25, 0.3) is 0 Å². The Morgan fingerprint density at radius 3 is 2.45 bits per heavy atom. The van der Waals surface area contributed by atoms with Crippen LogP contribution in [0.15, 0.2) is 53.0 Å². The van der Waals surface area contributed by atoms with Gasteiger partial charge in [-0.2, -0.15) is 0 Å². The lowest BCUT2D eigenvalue weighted by atomic mass is 9.94. The molecular formula is C17H18BrClO. The van der Waals surface area contributed by atoms with Gasteiger partial charge in [-0.3, -0.25) is 0 Å². The number of hydrogen-bond acceptors (Lipinski definition) is 1. The van der Waals surface area contributed by atoms with Gasteiger partial charge in [0.05, 0.1) is 6.61 Å². The van der Waals surface area contributed by atoms with E-state index in [-0.39, 0.29) is 0 Å². The molecule has 0 aliphatic carbocycles. The van der Waals surface area contributed by atoms with Crippen molar-refractivity contribution in [3.63, 3.8) is 0 Å². The van der Waals surface area contributed by atoms with Crippen molar-refractivity contribution in [2.45, 2.75) is 19.3 Å². The van der Waals surface area contributed by atoms with Gasteiger partial charge in [-0.05, 0) is 48.7 Å². The molecule has 0 aliphatic heterocycles. The second kappa shape index (κ2) is 7.70. The van der Waals surface area contributed by atoms with E-state index < -0.39 is 0 Å². The summed E-state index contributed by atoms with van der Waals surface area (Å²) in [4.78, 5) is 0. The number of alkyl halides is 1. The maximum atomic E-state index is 6.11. The van der Waals surface area contributed by atoms with Gasteiger partial charge in [-0.25, -0.2) is 0 Å². The molecule has 0 bridgehead atoms. The standard InChI is InChI=1S/C17H18BrClO/c1-13-4-2-3-5-17(13)14(12-19)10-11-20-16-8-6-15(18)7-9-16/h2-9,14H,10-12H2,1H3. The zero-order valence-electron chi connectivity index (χ0n) is 11.5. The van der Waals surface area contributed by atoms with Gasteiger partial charge in [0.2, 0.25) is 0 Å². The second-order valence-electron chi connectivity index (χ2n) is 4.80. The van der Waals surface area contributed by atoms with E-state index in [1.54, 1.807) is 0 Å². The average Bonchev–Trinajstić information content (AvgIpc) is 2.47. The van der Waals surface area contributed by atoms with Crippen molar-refractivity contribution >= 4 is 27.5 Å². The Balaban J connectivity index is 1.91. The topological polar surface area (TPSA) is 9.23 Å². The van der Waals surface area contributed by atoms with Gasteiger partial charge in [0.1, 0.15) is 5.75 Å². The molecule has 106 valence electrons. The Labute approximate surface area is 134 Å². The molecule has 1 nitrogen and oxygen atoms in total. The number of aryl methyl sites for hydroxylation is 1. The Morgan fingerprint density at radius 2 is 1.80 bits per heavy atom. The van der Waals surface area contributed by atoms with Gasteiger partial charge in [0.15, 0.2) is 0 Å². The fourth-order valence-electron chi connectivity index (χ4n) is 2.21. The van der Waals surface area contributed by atoms with Crippen LogP contribution in [-0.4, -0.2) is 12.5 Å². The number of ether oxygens (including phenoxy) is 1. The van der Waals surface area contributed by atoms with Crippen LogP contribution in [0, 0.1) is 6.92 Å². The molecule has 2 aromatic rings. The highest BCUT2D eigenvalue weighted by atomic mass is 79.9. The fourth-order valence-corrected chi connectivity index (χ4v) is 2.80. The zero-order valence-corrected chi connectivity index (χ0v) is 13.8. The van der Waals surface area contributed by atoms with E-state index in [2.05, 4.69) is 47.1 Å². The van der Waals surface area contributed by atoms with Gasteiger partial charge in [0.25, 0.3) is 0 Å². The minimum absolute atomic E-state index is 0.341. The first-order chi connectivity index (χ1) is 9.70. The molecule has 0 heterocycles. The van der Waals surface area contributed by atoms with Crippen LogP contribution in [0.3, 0.4) is 0 Å². The Hall–Kier alpha value is -0.990. The lowest BCUT2D eigenvalue weighted by Gasteiger charge is -2.17. The summed E-state index contributed by atoms with van der Waals surface area (Å²) >= 11 is 9.53. The van der Waals surface area contributed by atoms with Gasteiger partial charge < -0.3 is 4.74 Å². The summed E-state index contributed by atoms with van der Waals surface area (Å²) in [5, 5.41) is 0. The predicted octanol–water partition coefficient (Wildman–Crippen LogP) is 5.55. The van der Waals surface area contributed by atoms with Gasteiger partial charge in [-0.1, -0.05) is 40.2 Å². The van der Waals surface area contributed by atoms with Gasteiger partial charge in [-0.15, -0.1) is 11.6 Å². The average molecular weight is 354 g/mol. The Bertz CT molecular complexity index is 539. The third kappa shape index (κ3) is 4.26. The van der Waals surface area contributed by atoms with Crippen LogP contribution in [0.5, 0.6) is 5.75 Å². The maximum Gasteiger partial charge on any atom is 0.119 e. The van der Waals surface area contributed by atoms with Crippen molar-refractivity contribution in [1.29, 1.82) is 0 Å². The van der Waals surface area contributed by atoms with Crippen molar-refractivity contribution in [3.8, 4) is 5.75 Å². The molecule has 20 heavy (non-hydrogen) atoms. The molecule has 0 fully saturated rings. The van der Waals surface area contributed by atoms with E-state index in [1.165, 1.54) is 11.1 Å². The number of hydrogen-bond donors (Lipinski definition) is 0. The van der Waals surface area contributed by atoms with Crippen molar-refractivity contribution < 1.29 is 4.74 Å². The Kier molecular flexibility index (Phi) is 5.93. The molecule has 0 aliphatic rings. The van der Waals surface area contributed by atoms with E-state index >= 15 is 0 Å². The first kappa shape index (κ1) is 15.4. The van der Waals surface area contributed by atoms with E-state index in [0.717, 1.165) is 16.6 Å². The van der Waals surface area contributed by atoms with Crippen LogP contribution in [0.1, 0.15) is 23.5 Å². The van der Waals surface area contributed by atoms with Gasteiger partial charge in [0, 0.05) is 16.3 Å². The first-order valence-electron chi connectivity index (χ1n) is 6.70. The highest BCUT2D eigenvalue weighted by Gasteiger charge is 2.12.